The van der Waals surface area contributed by atoms with Crippen molar-refractivity contribution in [3.63, 3.8) is 0 Å². The molecule has 19 heavy (non-hydrogen) atoms. The van der Waals surface area contributed by atoms with E-state index >= 15 is 0 Å². The lowest BCUT2D eigenvalue weighted by Crippen LogP contribution is -2.37. The molecule has 1 atom stereocenters. The Morgan fingerprint density at radius 1 is 1.47 bits per heavy atom. The SMILES string of the molecule is CN(C)CC(=O)N1CCC[C@H]1c1cc(F)cc(Br)c1. The Kier molecular flexibility index (Phi) is 4.58. The first-order valence-corrected chi connectivity index (χ1v) is 7.17. The van der Waals surface area contributed by atoms with E-state index in [1.807, 2.05) is 30.0 Å². The molecule has 0 aliphatic carbocycles. The van der Waals surface area contributed by atoms with Gasteiger partial charge < -0.3 is 9.80 Å². The summed E-state index contributed by atoms with van der Waals surface area (Å²) in [5.41, 5.74) is 0.872. The maximum absolute atomic E-state index is 13.5. The molecule has 104 valence electrons. The molecule has 0 N–H and O–H groups in total. The number of likely N-dealkylation sites (tertiary alicyclic amines) is 1. The number of amides is 1. The van der Waals surface area contributed by atoms with Crippen LogP contribution in [0.5, 0.6) is 0 Å². The van der Waals surface area contributed by atoms with E-state index in [1.165, 1.54) is 12.1 Å². The highest BCUT2D eigenvalue weighted by Gasteiger charge is 2.30. The second-order valence-electron chi connectivity index (χ2n) is 5.19. The van der Waals surface area contributed by atoms with Gasteiger partial charge in [0, 0.05) is 11.0 Å². The molecule has 0 aromatic heterocycles. The highest BCUT2D eigenvalue weighted by atomic mass is 79.9. The van der Waals surface area contributed by atoms with Crippen molar-refractivity contribution in [3.05, 3.63) is 34.1 Å². The second kappa shape index (κ2) is 6.01. The minimum Gasteiger partial charge on any atom is -0.335 e. The molecule has 1 aromatic carbocycles. The molecule has 3 nitrogen and oxygen atoms in total. The normalized spacial score (nSPS) is 19.2. The Morgan fingerprint density at radius 2 is 2.21 bits per heavy atom. The number of carbonyl (C=O) groups excluding carboxylic acids is 1. The number of likely N-dealkylation sites (N-methyl/N-ethyl adjacent to an activating group) is 1. The van der Waals surface area contributed by atoms with Crippen molar-refractivity contribution in [3.8, 4) is 0 Å². The van der Waals surface area contributed by atoms with Crippen molar-refractivity contribution in [2.24, 2.45) is 0 Å². The Labute approximate surface area is 121 Å². The predicted octanol–water partition coefficient (Wildman–Crippen LogP) is 2.81. The quantitative estimate of drug-likeness (QED) is 0.851. The number of rotatable bonds is 3. The van der Waals surface area contributed by atoms with Crippen LogP contribution >= 0.6 is 15.9 Å². The monoisotopic (exact) mass is 328 g/mol. The van der Waals surface area contributed by atoms with E-state index in [0.717, 1.165) is 29.4 Å². The number of hydrogen-bond donors (Lipinski definition) is 0. The molecule has 0 bridgehead atoms. The van der Waals surface area contributed by atoms with Crippen molar-refractivity contribution in [2.45, 2.75) is 18.9 Å². The van der Waals surface area contributed by atoms with E-state index in [1.54, 1.807) is 0 Å². The minimum absolute atomic E-state index is 0.000509. The van der Waals surface area contributed by atoms with Gasteiger partial charge in [0.25, 0.3) is 0 Å². The van der Waals surface area contributed by atoms with Crippen LogP contribution in [0.1, 0.15) is 24.4 Å². The Bertz CT molecular complexity index is 458. The maximum atomic E-state index is 13.5. The smallest absolute Gasteiger partial charge is 0.237 e. The predicted molar refractivity (Wildman–Crippen MR) is 76.3 cm³/mol. The van der Waals surface area contributed by atoms with Gasteiger partial charge in [-0.05, 0) is 50.7 Å². The van der Waals surface area contributed by atoms with Gasteiger partial charge in [-0.1, -0.05) is 15.9 Å². The van der Waals surface area contributed by atoms with E-state index in [4.69, 9.17) is 0 Å². The Hall–Kier alpha value is -0.940. The molecule has 0 unspecified atom stereocenters. The number of benzene rings is 1. The zero-order valence-corrected chi connectivity index (χ0v) is 12.8. The van der Waals surface area contributed by atoms with E-state index < -0.39 is 0 Å². The lowest BCUT2D eigenvalue weighted by Gasteiger charge is -2.26. The van der Waals surface area contributed by atoms with Crippen LogP contribution in [0.25, 0.3) is 0 Å². The molecule has 1 aromatic rings. The van der Waals surface area contributed by atoms with E-state index in [-0.39, 0.29) is 17.8 Å². The molecule has 1 aliphatic rings. The summed E-state index contributed by atoms with van der Waals surface area (Å²) in [4.78, 5) is 15.9. The van der Waals surface area contributed by atoms with E-state index in [9.17, 15) is 9.18 Å². The van der Waals surface area contributed by atoms with Gasteiger partial charge >= 0.3 is 0 Å². The number of nitrogens with zero attached hydrogens (tertiary/aromatic N) is 2. The Balaban J connectivity index is 2.20. The van der Waals surface area contributed by atoms with Gasteiger partial charge in [-0.3, -0.25) is 4.79 Å². The van der Waals surface area contributed by atoms with Crippen molar-refractivity contribution in [1.29, 1.82) is 0 Å². The van der Waals surface area contributed by atoms with Gasteiger partial charge in [0.15, 0.2) is 0 Å². The fraction of sp³-hybridized carbons (Fsp3) is 0.500. The molecule has 1 heterocycles. The summed E-state index contributed by atoms with van der Waals surface area (Å²) in [6.45, 7) is 1.15. The molecule has 0 spiro atoms. The largest absolute Gasteiger partial charge is 0.335 e. The van der Waals surface area contributed by atoms with Gasteiger partial charge in [-0.2, -0.15) is 0 Å². The average Bonchev–Trinajstić information content (AvgIpc) is 2.75. The molecule has 1 aliphatic heterocycles. The molecule has 1 amide bonds. The molecule has 2 rings (SSSR count). The summed E-state index contributed by atoms with van der Waals surface area (Å²) in [6, 6.07) is 4.86. The summed E-state index contributed by atoms with van der Waals surface area (Å²) < 4.78 is 14.2. The summed E-state index contributed by atoms with van der Waals surface area (Å²) in [7, 11) is 3.75. The lowest BCUT2D eigenvalue weighted by molar-refractivity contribution is -0.132. The molecule has 0 radical (unpaired) electrons. The number of carbonyl (C=O) groups is 1. The van der Waals surface area contributed by atoms with Crippen LogP contribution in [-0.4, -0.2) is 42.9 Å². The lowest BCUT2D eigenvalue weighted by atomic mass is 10.0. The van der Waals surface area contributed by atoms with Crippen LogP contribution in [0.15, 0.2) is 22.7 Å². The number of halogens is 2. The zero-order chi connectivity index (χ0) is 14.0. The van der Waals surface area contributed by atoms with Gasteiger partial charge in [0.1, 0.15) is 5.82 Å². The van der Waals surface area contributed by atoms with Crippen LogP contribution in [-0.2, 0) is 4.79 Å². The first kappa shape index (κ1) is 14.5. The third-order valence-corrected chi connectivity index (χ3v) is 3.75. The molecule has 1 saturated heterocycles. The summed E-state index contributed by atoms with van der Waals surface area (Å²) in [5.74, 6) is -0.163. The van der Waals surface area contributed by atoms with Crippen LogP contribution in [0.4, 0.5) is 4.39 Å². The van der Waals surface area contributed by atoms with E-state index in [0.29, 0.717) is 6.54 Å². The fourth-order valence-corrected chi connectivity index (χ4v) is 3.02. The molecule has 0 saturated carbocycles. The van der Waals surface area contributed by atoms with Crippen LogP contribution < -0.4 is 0 Å². The van der Waals surface area contributed by atoms with Crippen molar-refractivity contribution in [1.82, 2.24) is 9.80 Å². The molecule has 5 heteroatoms. The van der Waals surface area contributed by atoms with Gasteiger partial charge in [0.2, 0.25) is 5.91 Å². The standard InChI is InChI=1S/C14H18BrFN2O/c1-17(2)9-14(19)18-5-3-4-13(18)10-6-11(15)8-12(16)7-10/h6-8,13H,3-5,9H2,1-2H3/t13-/m0/s1. The second-order valence-corrected chi connectivity index (χ2v) is 6.10. The number of hydrogen-bond acceptors (Lipinski definition) is 2. The van der Waals surface area contributed by atoms with Crippen LogP contribution in [0.2, 0.25) is 0 Å². The minimum atomic E-state index is -0.267. The van der Waals surface area contributed by atoms with Crippen molar-refractivity contribution < 1.29 is 9.18 Å². The highest BCUT2D eigenvalue weighted by molar-refractivity contribution is 9.10. The van der Waals surface area contributed by atoms with Crippen molar-refractivity contribution in [2.75, 3.05) is 27.2 Å². The van der Waals surface area contributed by atoms with Crippen molar-refractivity contribution >= 4 is 21.8 Å². The first-order valence-electron chi connectivity index (χ1n) is 6.37. The molecule has 1 fully saturated rings. The molecular weight excluding hydrogens is 311 g/mol. The summed E-state index contributed by atoms with van der Waals surface area (Å²) >= 11 is 3.31. The maximum Gasteiger partial charge on any atom is 0.237 e. The zero-order valence-electron chi connectivity index (χ0n) is 11.2. The van der Waals surface area contributed by atoms with Crippen LogP contribution in [0.3, 0.4) is 0 Å². The van der Waals surface area contributed by atoms with Gasteiger partial charge in [-0.25, -0.2) is 4.39 Å². The highest BCUT2D eigenvalue weighted by Crippen LogP contribution is 2.33. The first-order chi connectivity index (χ1) is 8.97. The summed E-state index contributed by atoms with van der Waals surface area (Å²) in [5, 5.41) is 0. The fourth-order valence-electron chi connectivity index (χ4n) is 2.54. The van der Waals surface area contributed by atoms with Gasteiger partial charge in [0.05, 0.1) is 12.6 Å². The van der Waals surface area contributed by atoms with Crippen LogP contribution in [0, 0.1) is 5.82 Å². The van der Waals surface area contributed by atoms with E-state index in [2.05, 4.69) is 15.9 Å². The average molecular weight is 329 g/mol. The summed E-state index contributed by atoms with van der Waals surface area (Å²) in [6.07, 6.45) is 1.87. The third-order valence-electron chi connectivity index (χ3n) is 3.29. The Morgan fingerprint density at radius 3 is 2.84 bits per heavy atom. The topological polar surface area (TPSA) is 23.6 Å². The third kappa shape index (κ3) is 3.54. The molecular formula is C14H18BrFN2O. The van der Waals surface area contributed by atoms with Gasteiger partial charge in [-0.15, -0.1) is 0 Å².